The lowest BCUT2D eigenvalue weighted by Gasteiger charge is -2.27. The van der Waals surface area contributed by atoms with Crippen LogP contribution in [-0.2, 0) is 15.9 Å². The van der Waals surface area contributed by atoms with Crippen molar-refractivity contribution in [2.24, 2.45) is 0 Å². The molecular formula is C13H19ClO3. The second kappa shape index (κ2) is 6.36. The van der Waals surface area contributed by atoms with Crippen molar-refractivity contribution in [3.63, 3.8) is 0 Å². The van der Waals surface area contributed by atoms with E-state index in [9.17, 15) is 5.11 Å². The average molecular weight is 259 g/mol. The summed E-state index contributed by atoms with van der Waals surface area (Å²) in [5.41, 5.74) is 0.162. The monoisotopic (exact) mass is 258 g/mol. The van der Waals surface area contributed by atoms with Gasteiger partial charge in [-0.3, -0.25) is 0 Å². The van der Waals surface area contributed by atoms with Gasteiger partial charge < -0.3 is 14.6 Å². The number of aliphatic hydroxyl groups is 1. The maximum atomic E-state index is 10.3. The summed E-state index contributed by atoms with van der Waals surface area (Å²) >= 11 is 5.81. The molecule has 0 heterocycles. The molecule has 4 heteroatoms. The molecule has 17 heavy (non-hydrogen) atoms. The molecule has 0 fully saturated rings. The zero-order chi connectivity index (χ0) is 12.9. The molecule has 1 atom stereocenters. The van der Waals surface area contributed by atoms with Crippen LogP contribution in [0.15, 0.2) is 24.3 Å². The van der Waals surface area contributed by atoms with E-state index in [4.69, 9.17) is 21.1 Å². The SMILES string of the molecule is COC(CC(C)(O)Cc1ccc(Cl)cc1)OC. The number of ether oxygens (including phenoxy) is 2. The van der Waals surface area contributed by atoms with E-state index in [2.05, 4.69) is 0 Å². The molecule has 0 saturated heterocycles. The van der Waals surface area contributed by atoms with E-state index < -0.39 is 11.9 Å². The van der Waals surface area contributed by atoms with E-state index in [1.165, 1.54) is 0 Å². The third-order valence-electron chi connectivity index (χ3n) is 2.63. The lowest BCUT2D eigenvalue weighted by atomic mass is 9.93. The van der Waals surface area contributed by atoms with E-state index in [1.54, 1.807) is 21.1 Å². The molecule has 0 aliphatic carbocycles. The van der Waals surface area contributed by atoms with Gasteiger partial charge in [0.25, 0.3) is 0 Å². The van der Waals surface area contributed by atoms with Crippen molar-refractivity contribution in [3.05, 3.63) is 34.9 Å². The highest BCUT2D eigenvalue weighted by Gasteiger charge is 2.25. The van der Waals surface area contributed by atoms with Crippen molar-refractivity contribution >= 4 is 11.6 Å². The molecular weight excluding hydrogens is 240 g/mol. The Morgan fingerprint density at radius 2 is 1.76 bits per heavy atom. The Bertz CT molecular complexity index is 331. The predicted octanol–water partition coefficient (Wildman–Crippen LogP) is 2.64. The van der Waals surface area contributed by atoms with Crippen LogP contribution in [0, 0.1) is 0 Å². The predicted molar refractivity (Wildman–Crippen MR) is 68.2 cm³/mol. The standard InChI is InChI=1S/C13H19ClO3/c1-13(15,9-12(16-2)17-3)8-10-4-6-11(14)7-5-10/h4-7,12,15H,8-9H2,1-3H3. The first-order valence-corrected chi connectivity index (χ1v) is 5.87. The van der Waals surface area contributed by atoms with Crippen LogP contribution in [0.1, 0.15) is 18.9 Å². The molecule has 1 unspecified atom stereocenters. The van der Waals surface area contributed by atoms with Gasteiger partial charge in [0.15, 0.2) is 6.29 Å². The van der Waals surface area contributed by atoms with Gasteiger partial charge in [-0.05, 0) is 24.6 Å². The summed E-state index contributed by atoms with van der Waals surface area (Å²) in [6.07, 6.45) is 0.563. The van der Waals surface area contributed by atoms with Crippen LogP contribution in [0.4, 0.5) is 0 Å². The van der Waals surface area contributed by atoms with Crippen molar-refractivity contribution in [1.29, 1.82) is 0 Å². The quantitative estimate of drug-likeness (QED) is 0.798. The van der Waals surface area contributed by atoms with Gasteiger partial charge in [-0.25, -0.2) is 0 Å². The van der Waals surface area contributed by atoms with E-state index in [1.807, 2.05) is 24.3 Å². The third-order valence-corrected chi connectivity index (χ3v) is 2.88. The third kappa shape index (κ3) is 5.04. The summed E-state index contributed by atoms with van der Waals surface area (Å²) in [6, 6.07) is 7.45. The second-order valence-corrected chi connectivity index (χ2v) is 4.84. The highest BCUT2D eigenvalue weighted by molar-refractivity contribution is 6.30. The van der Waals surface area contributed by atoms with Crippen molar-refractivity contribution < 1.29 is 14.6 Å². The normalized spacial score (nSPS) is 14.9. The molecule has 0 spiro atoms. The number of methoxy groups -OCH3 is 2. The first-order valence-electron chi connectivity index (χ1n) is 5.49. The molecule has 0 aliphatic heterocycles. The molecule has 0 saturated carbocycles. The summed E-state index contributed by atoms with van der Waals surface area (Å²) < 4.78 is 10.2. The zero-order valence-electron chi connectivity index (χ0n) is 10.4. The Kier molecular flexibility index (Phi) is 5.40. The van der Waals surface area contributed by atoms with Crippen molar-refractivity contribution in [2.45, 2.75) is 31.7 Å². The van der Waals surface area contributed by atoms with Crippen LogP contribution in [0.5, 0.6) is 0 Å². The fourth-order valence-corrected chi connectivity index (χ4v) is 1.86. The van der Waals surface area contributed by atoms with E-state index in [0.29, 0.717) is 17.9 Å². The lowest BCUT2D eigenvalue weighted by Crippen LogP contribution is -2.34. The van der Waals surface area contributed by atoms with Crippen LogP contribution >= 0.6 is 11.6 Å². The summed E-state index contributed by atoms with van der Waals surface area (Å²) in [6.45, 7) is 1.77. The molecule has 1 aromatic carbocycles. The Labute approximate surface area is 107 Å². The minimum Gasteiger partial charge on any atom is -0.390 e. The summed E-state index contributed by atoms with van der Waals surface area (Å²) in [5.74, 6) is 0. The summed E-state index contributed by atoms with van der Waals surface area (Å²) in [5, 5.41) is 11.0. The van der Waals surface area contributed by atoms with Gasteiger partial charge in [0.05, 0.1) is 5.60 Å². The molecule has 0 bridgehead atoms. The number of rotatable bonds is 6. The van der Waals surface area contributed by atoms with Gasteiger partial charge in [-0.1, -0.05) is 23.7 Å². The first kappa shape index (κ1) is 14.5. The van der Waals surface area contributed by atoms with E-state index >= 15 is 0 Å². The number of halogens is 1. The minimum atomic E-state index is -0.871. The fourth-order valence-electron chi connectivity index (χ4n) is 1.74. The Hall–Kier alpha value is -0.610. The van der Waals surface area contributed by atoms with Gasteiger partial charge in [0.2, 0.25) is 0 Å². The van der Waals surface area contributed by atoms with Crippen molar-refractivity contribution in [2.75, 3.05) is 14.2 Å². The fraction of sp³-hybridized carbons (Fsp3) is 0.538. The molecule has 1 N–H and O–H groups in total. The van der Waals surface area contributed by atoms with Gasteiger partial charge in [-0.15, -0.1) is 0 Å². The minimum absolute atomic E-state index is 0.391. The molecule has 1 aromatic rings. The summed E-state index contributed by atoms with van der Waals surface area (Å²) in [7, 11) is 3.12. The highest BCUT2D eigenvalue weighted by Crippen LogP contribution is 2.21. The van der Waals surface area contributed by atoms with E-state index in [0.717, 1.165) is 5.56 Å². The van der Waals surface area contributed by atoms with Gasteiger partial charge in [0, 0.05) is 32.1 Å². The van der Waals surface area contributed by atoms with E-state index in [-0.39, 0.29) is 0 Å². The maximum Gasteiger partial charge on any atom is 0.159 e. The topological polar surface area (TPSA) is 38.7 Å². The summed E-state index contributed by atoms with van der Waals surface area (Å²) in [4.78, 5) is 0. The molecule has 1 rings (SSSR count). The molecule has 0 aliphatic rings. The molecule has 0 aromatic heterocycles. The van der Waals surface area contributed by atoms with Crippen LogP contribution in [0.3, 0.4) is 0 Å². The number of hydrogen-bond donors (Lipinski definition) is 1. The Morgan fingerprint density at radius 3 is 2.24 bits per heavy atom. The highest BCUT2D eigenvalue weighted by atomic mass is 35.5. The van der Waals surface area contributed by atoms with Crippen LogP contribution in [0.2, 0.25) is 5.02 Å². The first-order chi connectivity index (χ1) is 7.96. The zero-order valence-corrected chi connectivity index (χ0v) is 11.2. The van der Waals surface area contributed by atoms with Crippen molar-refractivity contribution in [1.82, 2.24) is 0 Å². The Morgan fingerprint density at radius 1 is 1.24 bits per heavy atom. The Balaban J connectivity index is 2.62. The van der Waals surface area contributed by atoms with Crippen LogP contribution in [0.25, 0.3) is 0 Å². The number of hydrogen-bond acceptors (Lipinski definition) is 3. The van der Waals surface area contributed by atoms with Gasteiger partial charge in [0.1, 0.15) is 0 Å². The van der Waals surface area contributed by atoms with Crippen LogP contribution < -0.4 is 0 Å². The van der Waals surface area contributed by atoms with Gasteiger partial charge >= 0.3 is 0 Å². The van der Waals surface area contributed by atoms with Crippen LogP contribution in [-0.4, -0.2) is 31.2 Å². The smallest absolute Gasteiger partial charge is 0.159 e. The maximum absolute atomic E-state index is 10.3. The largest absolute Gasteiger partial charge is 0.390 e. The average Bonchev–Trinajstić information content (AvgIpc) is 2.29. The van der Waals surface area contributed by atoms with Gasteiger partial charge in [-0.2, -0.15) is 0 Å². The molecule has 3 nitrogen and oxygen atoms in total. The molecule has 0 amide bonds. The second-order valence-electron chi connectivity index (χ2n) is 4.41. The molecule has 0 radical (unpaired) electrons. The van der Waals surface area contributed by atoms with Crippen molar-refractivity contribution in [3.8, 4) is 0 Å². The molecule has 96 valence electrons. The number of benzene rings is 1. The lowest BCUT2D eigenvalue weighted by molar-refractivity contribution is -0.139.